The molecule has 0 atom stereocenters. The molecule has 2 aliphatic rings. The van der Waals surface area contributed by atoms with Gasteiger partial charge in [0.1, 0.15) is 0 Å². The van der Waals surface area contributed by atoms with E-state index in [1.54, 1.807) is 0 Å². The van der Waals surface area contributed by atoms with Crippen molar-refractivity contribution >= 4 is 41.1 Å². The minimum atomic E-state index is -0.151. The Hall–Kier alpha value is -3.96. The van der Waals surface area contributed by atoms with Gasteiger partial charge >= 0.3 is 0 Å². The summed E-state index contributed by atoms with van der Waals surface area (Å²) in [6.07, 6.45) is 3.68. The summed E-state index contributed by atoms with van der Waals surface area (Å²) >= 11 is 1.44. The summed E-state index contributed by atoms with van der Waals surface area (Å²) in [4.78, 5) is 32.3. The van der Waals surface area contributed by atoms with Gasteiger partial charge in [-0.2, -0.15) is 20.1 Å². The van der Waals surface area contributed by atoms with Crippen molar-refractivity contribution in [3.8, 4) is 0 Å². The second kappa shape index (κ2) is 11.4. The quantitative estimate of drug-likeness (QED) is 0.290. The third kappa shape index (κ3) is 6.21. The Labute approximate surface area is 231 Å². The Kier molecular flexibility index (Phi) is 7.42. The molecule has 0 bridgehead atoms. The molecule has 2 aromatic heterocycles. The van der Waals surface area contributed by atoms with Crippen LogP contribution >= 0.6 is 11.8 Å². The van der Waals surface area contributed by atoms with E-state index < -0.39 is 0 Å². The van der Waals surface area contributed by atoms with Gasteiger partial charge in [0.15, 0.2) is 11.0 Å². The van der Waals surface area contributed by atoms with E-state index in [2.05, 4.69) is 43.7 Å². The number of carbonyl (C=O) groups is 1. The predicted octanol–water partition coefficient (Wildman–Crippen LogP) is 4.76. The highest BCUT2D eigenvalue weighted by Gasteiger charge is 2.23. The van der Waals surface area contributed by atoms with E-state index in [1.165, 1.54) is 31.0 Å². The molecule has 0 unspecified atom stereocenters. The Morgan fingerprint density at radius 3 is 2.46 bits per heavy atom. The van der Waals surface area contributed by atoms with Crippen LogP contribution in [-0.4, -0.2) is 69.2 Å². The van der Waals surface area contributed by atoms with Gasteiger partial charge in [-0.3, -0.25) is 9.89 Å². The predicted molar refractivity (Wildman–Crippen MR) is 153 cm³/mol. The number of rotatable bonds is 8. The second-order valence-electron chi connectivity index (χ2n) is 9.94. The lowest BCUT2D eigenvalue weighted by Crippen LogP contribution is -2.45. The SMILES string of the molecule is CN1CCN(c2nc(Nc3cc(C4CCC4)[nH]n3)nc(Sc3ccc(C(=O)Nc4ccccc4)cc3)n2)CC1. The lowest BCUT2D eigenvalue weighted by Gasteiger charge is -2.32. The highest BCUT2D eigenvalue weighted by molar-refractivity contribution is 7.99. The summed E-state index contributed by atoms with van der Waals surface area (Å²) in [6, 6.07) is 18.9. The first-order chi connectivity index (χ1) is 19.1. The number of H-pyrrole nitrogens is 1. The summed E-state index contributed by atoms with van der Waals surface area (Å²) in [5.41, 5.74) is 2.50. The average molecular weight is 542 g/mol. The number of para-hydroxylation sites is 1. The number of hydrogen-bond donors (Lipinski definition) is 3. The molecule has 1 saturated heterocycles. The molecule has 1 saturated carbocycles. The smallest absolute Gasteiger partial charge is 0.255 e. The van der Waals surface area contributed by atoms with Crippen LogP contribution in [0.1, 0.15) is 41.2 Å². The van der Waals surface area contributed by atoms with Gasteiger partial charge in [-0.1, -0.05) is 24.6 Å². The van der Waals surface area contributed by atoms with Crippen molar-refractivity contribution < 1.29 is 4.79 Å². The summed E-state index contributed by atoms with van der Waals surface area (Å²) < 4.78 is 0. The van der Waals surface area contributed by atoms with Crippen molar-refractivity contribution in [2.45, 2.75) is 35.2 Å². The minimum absolute atomic E-state index is 0.151. The van der Waals surface area contributed by atoms with Crippen LogP contribution in [0.25, 0.3) is 0 Å². The molecule has 11 heteroatoms. The molecule has 3 heterocycles. The number of carbonyl (C=O) groups excluding carboxylic acids is 1. The van der Waals surface area contributed by atoms with E-state index in [4.69, 9.17) is 15.0 Å². The number of nitrogens with zero attached hydrogens (tertiary/aromatic N) is 6. The largest absolute Gasteiger partial charge is 0.338 e. The van der Waals surface area contributed by atoms with Gasteiger partial charge in [0.05, 0.1) is 0 Å². The van der Waals surface area contributed by atoms with Gasteiger partial charge in [0.25, 0.3) is 5.91 Å². The lowest BCUT2D eigenvalue weighted by molar-refractivity contribution is 0.102. The highest BCUT2D eigenvalue weighted by atomic mass is 32.2. The van der Waals surface area contributed by atoms with Gasteiger partial charge in [-0.25, -0.2) is 0 Å². The molecular formula is C28H31N9OS. The first-order valence-electron chi connectivity index (χ1n) is 13.3. The maximum atomic E-state index is 12.6. The van der Waals surface area contributed by atoms with E-state index in [9.17, 15) is 4.79 Å². The Balaban J connectivity index is 1.20. The van der Waals surface area contributed by atoms with Crippen molar-refractivity contribution in [3.05, 3.63) is 71.9 Å². The van der Waals surface area contributed by atoms with Gasteiger partial charge in [0, 0.05) is 60.0 Å². The van der Waals surface area contributed by atoms with Crippen LogP contribution in [0.2, 0.25) is 0 Å². The van der Waals surface area contributed by atoms with E-state index in [0.717, 1.165) is 42.5 Å². The van der Waals surface area contributed by atoms with Crippen LogP contribution < -0.4 is 15.5 Å². The maximum Gasteiger partial charge on any atom is 0.255 e. The number of amides is 1. The molecular weight excluding hydrogens is 510 g/mol. The topological polar surface area (TPSA) is 115 Å². The zero-order valence-corrected chi connectivity index (χ0v) is 22.6. The summed E-state index contributed by atoms with van der Waals surface area (Å²) in [6.45, 7) is 3.61. The van der Waals surface area contributed by atoms with Crippen LogP contribution in [0.5, 0.6) is 0 Å². The molecule has 3 N–H and O–H groups in total. The summed E-state index contributed by atoms with van der Waals surface area (Å²) in [5, 5.41) is 14.4. The Morgan fingerprint density at radius 1 is 0.974 bits per heavy atom. The van der Waals surface area contributed by atoms with E-state index in [0.29, 0.717) is 34.4 Å². The Bertz CT molecular complexity index is 1410. The van der Waals surface area contributed by atoms with Crippen molar-refractivity contribution in [1.29, 1.82) is 0 Å². The number of likely N-dealkylation sites (N-methyl/N-ethyl adjacent to an activating group) is 1. The van der Waals surface area contributed by atoms with Gasteiger partial charge in [-0.15, -0.1) is 0 Å². The molecule has 2 aromatic carbocycles. The standard InChI is InChI=1S/C28H31N9OS/c1-36-14-16-37(17-15-36)27-31-26(30-24-18-23(34-35-24)19-6-5-7-19)32-28(33-27)39-22-12-10-20(11-13-22)25(38)29-21-8-3-2-4-9-21/h2-4,8-13,18-19H,5-7,14-17H2,1H3,(H,29,38)(H2,30,31,32,33,34,35). The second-order valence-corrected chi connectivity index (χ2v) is 11.0. The van der Waals surface area contributed by atoms with Crippen molar-refractivity contribution in [3.63, 3.8) is 0 Å². The van der Waals surface area contributed by atoms with Crippen LogP contribution in [0.3, 0.4) is 0 Å². The highest BCUT2D eigenvalue weighted by Crippen LogP contribution is 2.36. The molecule has 0 spiro atoms. The van der Waals surface area contributed by atoms with Gasteiger partial charge < -0.3 is 20.4 Å². The maximum absolute atomic E-state index is 12.6. The third-order valence-electron chi connectivity index (χ3n) is 7.13. The van der Waals surface area contributed by atoms with Crippen LogP contribution in [-0.2, 0) is 0 Å². The molecule has 2 fully saturated rings. The molecule has 1 aliphatic carbocycles. The van der Waals surface area contributed by atoms with Crippen LogP contribution in [0.4, 0.5) is 23.4 Å². The van der Waals surface area contributed by atoms with Gasteiger partial charge in [-0.05, 0) is 68.0 Å². The monoisotopic (exact) mass is 541 g/mol. The molecule has 1 amide bonds. The van der Waals surface area contributed by atoms with E-state index in [1.807, 2.05) is 54.6 Å². The molecule has 6 rings (SSSR count). The summed E-state index contributed by atoms with van der Waals surface area (Å²) in [7, 11) is 2.13. The molecule has 4 aromatic rings. The van der Waals surface area contributed by atoms with Crippen LogP contribution in [0.15, 0.2) is 70.7 Å². The number of piperazine rings is 1. The fourth-order valence-electron chi connectivity index (χ4n) is 4.54. The number of benzene rings is 2. The average Bonchev–Trinajstić information content (AvgIpc) is 3.36. The van der Waals surface area contributed by atoms with Crippen molar-refractivity contribution in [2.24, 2.45) is 0 Å². The fourth-order valence-corrected chi connectivity index (χ4v) is 5.29. The zero-order chi connectivity index (χ0) is 26.6. The first-order valence-corrected chi connectivity index (χ1v) is 14.1. The molecule has 10 nitrogen and oxygen atoms in total. The van der Waals surface area contributed by atoms with Crippen LogP contribution in [0, 0.1) is 0 Å². The molecule has 0 radical (unpaired) electrons. The third-order valence-corrected chi connectivity index (χ3v) is 8.00. The Morgan fingerprint density at radius 2 is 1.74 bits per heavy atom. The van der Waals surface area contributed by atoms with E-state index in [-0.39, 0.29) is 5.91 Å². The number of aromatic nitrogens is 5. The fraction of sp³-hybridized carbons (Fsp3) is 0.321. The molecule has 200 valence electrons. The molecule has 1 aliphatic heterocycles. The normalized spacial score (nSPS) is 16.1. The van der Waals surface area contributed by atoms with E-state index >= 15 is 0 Å². The zero-order valence-electron chi connectivity index (χ0n) is 21.8. The van der Waals surface area contributed by atoms with Gasteiger partial charge in [0.2, 0.25) is 11.9 Å². The summed E-state index contributed by atoms with van der Waals surface area (Å²) in [5.74, 6) is 2.24. The molecule has 39 heavy (non-hydrogen) atoms. The number of nitrogens with one attached hydrogen (secondary N) is 3. The number of aromatic amines is 1. The number of anilines is 4. The lowest BCUT2D eigenvalue weighted by atomic mass is 9.83. The number of hydrogen-bond acceptors (Lipinski definition) is 9. The van der Waals surface area contributed by atoms with Crippen molar-refractivity contribution in [1.82, 2.24) is 30.0 Å². The first kappa shape index (κ1) is 25.3. The van der Waals surface area contributed by atoms with Crippen molar-refractivity contribution in [2.75, 3.05) is 48.8 Å². The minimum Gasteiger partial charge on any atom is -0.338 e.